The maximum atomic E-state index is 9.79. The topological polar surface area (TPSA) is 55.5 Å². The molecule has 9 heavy (non-hydrogen) atoms. The van der Waals surface area contributed by atoms with Crippen LogP contribution in [0.1, 0.15) is 0 Å². The van der Waals surface area contributed by atoms with E-state index in [4.69, 9.17) is 0 Å². The fraction of sp³-hybridized carbons (Fsp3) is 0. The fourth-order valence-corrected chi connectivity index (χ4v) is 0.186. The summed E-state index contributed by atoms with van der Waals surface area (Å²) in [5.74, 6) is 0. The minimum Gasteiger partial charge on any atom is -0.258 e. The minimum absolute atomic E-state index is 0.241. The molecule has 0 aromatic carbocycles. The van der Waals surface area contributed by atoms with Gasteiger partial charge in [0.15, 0.2) is 0 Å². The van der Waals surface area contributed by atoms with E-state index in [0.717, 1.165) is 6.21 Å². The Kier molecular flexibility index (Phi) is 2.97. The first-order valence-electron chi connectivity index (χ1n) is 2.16. The molecule has 0 aliphatic heterocycles. The van der Waals surface area contributed by atoms with Gasteiger partial charge >= 0.3 is 0 Å². The normalized spacial score (nSPS) is 9.33. The Hall–Kier alpha value is -1.45. The van der Waals surface area contributed by atoms with Crippen LogP contribution in [0.4, 0.5) is 0 Å². The van der Waals surface area contributed by atoms with Crippen molar-refractivity contribution in [1.82, 2.24) is 0 Å². The molecule has 48 valence electrons. The quantitative estimate of drug-likeness (QED) is 0.321. The monoisotopic (exact) mass is 126 g/mol. The summed E-state index contributed by atoms with van der Waals surface area (Å²) >= 11 is 0. The molecule has 0 rings (SSSR count). The second-order valence-corrected chi connectivity index (χ2v) is 1.21. The van der Waals surface area contributed by atoms with Crippen LogP contribution < -0.4 is 0 Å². The second-order valence-electron chi connectivity index (χ2n) is 1.21. The standard InChI is InChI=1S/C5H6N2O2/c1-3-6-4-5(2)7(8)9/h3-4H,1-2H2. The number of nitro groups is 1. The highest BCUT2D eigenvalue weighted by atomic mass is 16.6. The van der Waals surface area contributed by atoms with Gasteiger partial charge in [0, 0.05) is 6.20 Å². The van der Waals surface area contributed by atoms with Crippen molar-refractivity contribution in [3.05, 3.63) is 35.2 Å². The van der Waals surface area contributed by atoms with E-state index in [9.17, 15) is 10.1 Å². The molecule has 0 spiro atoms. The van der Waals surface area contributed by atoms with Gasteiger partial charge in [-0.15, -0.1) is 0 Å². The van der Waals surface area contributed by atoms with Gasteiger partial charge in [0.05, 0.1) is 4.92 Å². The van der Waals surface area contributed by atoms with Gasteiger partial charge in [-0.25, -0.2) is 0 Å². The first-order chi connectivity index (χ1) is 4.18. The van der Waals surface area contributed by atoms with Crippen molar-refractivity contribution in [3.8, 4) is 0 Å². The molecule has 0 bridgehead atoms. The molecule has 0 heterocycles. The molecule has 0 aromatic rings. The van der Waals surface area contributed by atoms with Crippen molar-refractivity contribution in [2.75, 3.05) is 0 Å². The highest BCUT2D eigenvalue weighted by Crippen LogP contribution is 1.84. The number of hydrogen-bond donors (Lipinski definition) is 0. The molecular weight excluding hydrogens is 120 g/mol. The van der Waals surface area contributed by atoms with Crippen LogP contribution in [0.5, 0.6) is 0 Å². The average Bonchev–Trinajstić information content (AvgIpc) is 1.82. The average molecular weight is 126 g/mol. The Balaban J connectivity index is 3.92. The van der Waals surface area contributed by atoms with Gasteiger partial charge in [-0.3, -0.25) is 15.1 Å². The summed E-state index contributed by atoms with van der Waals surface area (Å²) in [5, 5.41) is 9.79. The lowest BCUT2D eigenvalue weighted by atomic mass is 10.6. The molecule has 0 N–H and O–H groups in total. The molecule has 0 saturated carbocycles. The van der Waals surface area contributed by atoms with Crippen molar-refractivity contribution in [2.45, 2.75) is 0 Å². The van der Waals surface area contributed by atoms with Crippen molar-refractivity contribution in [1.29, 1.82) is 0 Å². The minimum atomic E-state index is -0.618. The van der Waals surface area contributed by atoms with Crippen molar-refractivity contribution in [2.24, 2.45) is 4.99 Å². The molecule has 0 saturated heterocycles. The second kappa shape index (κ2) is 3.54. The number of allylic oxidation sites excluding steroid dienone is 1. The predicted octanol–water partition coefficient (Wildman–Crippen LogP) is 0.991. The van der Waals surface area contributed by atoms with Gasteiger partial charge in [0.2, 0.25) is 0 Å². The third-order valence-corrected chi connectivity index (χ3v) is 0.563. The lowest BCUT2D eigenvalue weighted by molar-refractivity contribution is -0.413. The van der Waals surface area contributed by atoms with Crippen LogP contribution >= 0.6 is 0 Å². The largest absolute Gasteiger partial charge is 0.280 e. The Bertz CT molecular complexity index is 172. The summed E-state index contributed by atoms with van der Waals surface area (Å²) in [6, 6.07) is 0. The molecule has 0 atom stereocenters. The smallest absolute Gasteiger partial charge is 0.258 e. The SMILES string of the molecule is C=CN=CC(=C)[N+](=O)[O-]. The molecule has 0 fully saturated rings. The molecule has 0 radical (unpaired) electrons. The third kappa shape index (κ3) is 3.16. The molecule has 4 heteroatoms. The Morgan fingerprint density at radius 3 is 2.67 bits per heavy atom. The summed E-state index contributed by atoms with van der Waals surface area (Å²) in [6.07, 6.45) is 2.24. The fourth-order valence-electron chi connectivity index (χ4n) is 0.186. The van der Waals surface area contributed by atoms with E-state index >= 15 is 0 Å². The number of aliphatic imine (C=N–C) groups is 1. The number of hydrogen-bond acceptors (Lipinski definition) is 3. The number of rotatable bonds is 3. The summed E-state index contributed by atoms with van der Waals surface area (Å²) < 4.78 is 0. The summed E-state index contributed by atoms with van der Waals surface area (Å²) in [7, 11) is 0. The molecule has 0 unspecified atom stereocenters. The van der Waals surface area contributed by atoms with Crippen LogP contribution in [-0.2, 0) is 0 Å². The van der Waals surface area contributed by atoms with E-state index in [1.807, 2.05) is 0 Å². The van der Waals surface area contributed by atoms with Gasteiger partial charge < -0.3 is 0 Å². The summed E-state index contributed by atoms with van der Waals surface area (Å²) in [4.78, 5) is 12.6. The Morgan fingerprint density at radius 1 is 1.78 bits per heavy atom. The molecular formula is C5H6N2O2. The molecule has 0 aliphatic rings. The zero-order valence-corrected chi connectivity index (χ0v) is 4.78. The Labute approximate surface area is 52.4 Å². The maximum Gasteiger partial charge on any atom is 0.280 e. The van der Waals surface area contributed by atoms with Crippen LogP contribution in [0.3, 0.4) is 0 Å². The van der Waals surface area contributed by atoms with Gasteiger partial charge in [-0.05, 0) is 6.58 Å². The van der Waals surface area contributed by atoms with Crippen molar-refractivity contribution in [3.63, 3.8) is 0 Å². The van der Waals surface area contributed by atoms with Crippen molar-refractivity contribution < 1.29 is 4.92 Å². The van der Waals surface area contributed by atoms with E-state index in [1.54, 1.807) is 0 Å². The molecule has 0 aliphatic carbocycles. The van der Waals surface area contributed by atoms with E-state index in [1.165, 1.54) is 6.20 Å². The molecule has 0 aromatic heterocycles. The first kappa shape index (κ1) is 7.55. The highest BCUT2D eigenvalue weighted by molar-refractivity contribution is 5.74. The lowest BCUT2D eigenvalue weighted by Crippen LogP contribution is -1.96. The lowest BCUT2D eigenvalue weighted by Gasteiger charge is -1.82. The Morgan fingerprint density at radius 2 is 2.33 bits per heavy atom. The number of nitrogens with zero attached hydrogens (tertiary/aromatic N) is 2. The van der Waals surface area contributed by atoms with E-state index in [0.29, 0.717) is 0 Å². The zero-order chi connectivity index (χ0) is 7.28. The summed E-state index contributed by atoms with van der Waals surface area (Å²) in [6.45, 7) is 6.33. The molecule has 4 nitrogen and oxygen atoms in total. The van der Waals surface area contributed by atoms with Gasteiger partial charge in [-0.2, -0.15) is 0 Å². The predicted molar refractivity (Wildman–Crippen MR) is 34.8 cm³/mol. The zero-order valence-electron chi connectivity index (χ0n) is 4.78. The van der Waals surface area contributed by atoms with Crippen LogP contribution in [0.25, 0.3) is 0 Å². The van der Waals surface area contributed by atoms with Crippen LogP contribution in [0.15, 0.2) is 30.0 Å². The van der Waals surface area contributed by atoms with Crippen LogP contribution in [0, 0.1) is 10.1 Å². The first-order valence-corrected chi connectivity index (χ1v) is 2.16. The summed E-state index contributed by atoms with van der Waals surface area (Å²) in [5.41, 5.74) is -0.241. The van der Waals surface area contributed by atoms with Gasteiger partial charge in [0.1, 0.15) is 6.21 Å². The van der Waals surface area contributed by atoms with E-state index < -0.39 is 4.92 Å². The van der Waals surface area contributed by atoms with Crippen LogP contribution in [-0.4, -0.2) is 11.1 Å². The van der Waals surface area contributed by atoms with Gasteiger partial charge in [-0.1, -0.05) is 6.58 Å². The van der Waals surface area contributed by atoms with Crippen molar-refractivity contribution >= 4 is 6.21 Å². The third-order valence-electron chi connectivity index (χ3n) is 0.563. The van der Waals surface area contributed by atoms with E-state index in [2.05, 4.69) is 18.2 Å². The van der Waals surface area contributed by atoms with E-state index in [-0.39, 0.29) is 5.70 Å². The van der Waals surface area contributed by atoms with Gasteiger partial charge in [0.25, 0.3) is 5.70 Å². The maximum absolute atomic E-state index is 9.79. The highest BCUT2D eigenvalue weighted by Gasteiger charge is 1.98. The van der Waals surface area contributed by atoms with Crippen LogP contribution in [0.2, 0.25) is 0 Å². The molecule has 0 amide bonds.